The summed E-state index contributed by atoms with van der Waals surface area (Å²) in [4.78, 5) is 33.2. The van der Waals surface area contributed by atoms with Crippen LogP contribution in [0.3, 0.4) is 0 Å². The number of fused-ring (bicyclic) bond motifs is 1. The van der Waals surface area contributed by atoms with E-state index in [9.17, 15) is 9.59 Å². The zero-order valence-corrected chi connectivity index (χ0v) is 14.3. The third-order valence-electron chi connectivity index (χ3n) is 5.27. The van der Waals surface area contributed by atoms with E-state index in [-0.39, 0.29) is 17.9 Å². The molecule has 5 nitrogen and oxygen atoms in total. The van der Waals surface area contributed by atoms with Crippen molar-refractivity contribution in [1.82, 2.24) is 14.8 Å². The van der Waals surface area contributed by atoms with Crippen LogP contribution in [0.2, 0.25) is 0 Å². The van der Waals surface area contributed by atoms with Crippen LogP contribution in [0.15, 0.2) is 48.8 Å². The van der Waals surface area contributed by atoms with E-state index in [0.29, 0.717) is 32.0 Å². The molecule has 2 aliphatic rings. The van der Waals surface area contributed by atoms with Gasteiger partial charge in [0.25, 0.3) is 5.91 Å². The number of nitrogens with zero attached hydrogens (tertiary/aromatic N) is 3. The molecule has 2 amide bonds. The number of carbonyl (C=O) groups excluding carboxylic acids is 2. The topological polar surface area (TPSA) is 53.5 Å². The second-order valence-electron chi connectivity index (χ2n) is 6.73. The zero-order valence-electron chi connectivity index (χ0n) is 14.3. The lowest BCUT2D eigenvalue weighted by atomic mass is 9.91. The Hall–Kier alpha value is -2.69. The predicted octanol–water partition coefficient (Wildman–Crippen LogP) is 2.44. The van der Waals surface area contributed by atoms with Crippen LogP contribution in [0, 0.1) is 0 Å². The Morgan fingerprint density at radius 3 is 2.60 bits per heavy atom. The monoisotopic (exact) mass is 335 g/mol. The summed E-state index contributed by atoms with van der Waals surface area (Å²) in [5, 5.41) is 0. The first-order valence-corrected chi connectivity index (χ1v) is 8.76. The van der Waals surface area contributed by atoms with Crippen molar-refractivity contribution in [2.24, 2.45) is 0 Å². The van der Waals surface area contributed by atoms with Crippen molar-refractivity contribution in [2.75, 3.05) is 13.1 Å². The van der Waals surface area contributed by atoms with E-state index in [4.69, 9.17) is 0 Å². The van der Waals surface area contributed by atoms with Crippen LogP contribution in [0.5, 0.6) is 0 Å². The first-order valence-electron chi connectivity index (χ1n) is 8.76. The Bertz CT molecular complexity index is 800. The molecule has 128 valence electrons. The highest BCUT2D eigenvalue weighted by Gasteiger charge is 2.40. The Balaban J connectivity index is 1.44. The summed E-state index contributed by atoms with van der Waals surface area (Å²) < 4.78 is 0. The third kappa shape index (κ3) is 2.69. The van der Waals surface area contributed by atoms with Crippen molar-refractivity contribution in [3.63, 3.8) is 0 Å². The van der Waals surface area contributed by atoms with Gasteiger partial charge in [0.1, 0.15) is 6.04 Å². The first-order chi connectivity index (χ1) is 12.2. The number of rotatable bonds is 4. The predicted molar refractivity (Wildman–Crippen MR) is 94.0 cm³/mol. The average molecular weight is 335 g/mol. The van der Waals surface area contributed by atoms with Crippen molar-refractivity contribution < 1.29 is 9.59 Å². The molecule has 1 atom stereocenters. The standard InChI is InChI=1S/C20H21N3O2/c1-2-18(23-13-15-5-3-4-6-17(15)19(23)24)20(25)22-11-16(12-22)14-7-9-21-10-8-14/h3-10,16,18H,2,11-13H2,1H3/t18-/m1/s1. The van der Waals surface area contributed by atoms with E-state index in [2.05, 4.69) is 4.98 Å². The van der Waals surface area contributed by atoms with Crippen molar-refractivity contribution in [3.05, 3.63) is 65.5 Å². The summed E-state index contributed by atoms with van der Waals surface area (Å²) in [6, 6.07) is 11.3. The normalized spacial score (nSPS) is 18.0. The molecule has 0 N–H and O–H groups in total. The largest absolute Gasteiger partial charge is 0.340 e. The fourth-order valence-electron chi connectivity index (χ4n) is 3.77. The van der Waals surface area contributed by atoms with Gasteiger partial charge in [-0.15, -0.1) is 0 Å². The number of amides is 2. The Kier molecular flexibility index (Phi) is 3.99. The summed E-state index contributed by atoms with van der Waals surface area (Å²) >= 11 is 0. The van der Waals surface area contributed by atoms with Crippen LogP contribution in [0.25, 0.3) is 0 Å². The summed E-state index contributed by atoms with van der Waals surface area (Å²) in [5.41, 5.74) is 2.96. The second kappa shape index (κ2) is 6.31. The number of hydrogen-bond donors (Lipinski definition) is 0. The summed E-state index contributed by atoms with van der Waals surface area (Å²) in [6.07, 6.45) is 4.21. The fourth-order valence-corrected chi connectivity index (χ4v) is 3.77. The maximum atomic E-state index is 12.9. The molecule has 0 bridgehead atoms. The Morgan fingerprint density at radius 2 is 1.92 bits per heavy atom. The second-order valence-corrected chi connectivity index (χ2v) is 6.73. The molecule has 0 radical (unpaired) electrons. The van der Waals surface area contributed by atoms with E-state index >= 15 is 0 Å². The minimum atomic E-state index is -0.377. The minimum Gasteiger partial charge on any atom is -0.340 e. The van der Waals surface area contributed by atoms with Crippen LogP contribution in [0.4, 0.5) is 0 Å². The van der Waals surface area contributed by atoms with E-state index in [0.717, 1.165) is 11.1 Å². The number of hydrogen-bond acceptors (Lipinski definition) is 3. The van der Waals surface area contributed by atoms with Crippen molar-refractivity contribution >= 4 is 11.8 Å². The quantitative estimate of drug-likeness (QED) is 0.862. The molecule has 2 aliphatic heterocycles. The third-order valence-corrected chi connectivity index (χ3v) is 5.27. The molecule has 3 heterocycles. The number of pyridine rings is 1. The molecular formula is C20H21N3O2. The fraction of sp³-hybridized carbons (Fsp3) is 0.350. The molecule has 1 saturated heterocycles. The number of aromatic nitrogens is 1. The van der Waals surface area contributed by atoms with Gasteiger partial charge in [0, 0.05) is 43.5 Å². The van der Waals surface area contributed by atoms with Crippen molar-refractivity contribution in [2.45, 2.75) is 31.8 Å². The van der Waals surface area contributed by atoms with Gasteiger partial charge in [0.05, 0.1) is 0 Å². The number of likely N-dealkylation sites (tertiary alicyclic amines) is 1. The summed E-state index contributed by atoms with van der Waals surface area (Å²) in [7, 11) is 0. The lowest BCUT2D eigenvalue weighted by Crippen LogP contribution is -2.56. The van der Waals surface area contributed by atoms with Crippen LogP contribution in [-0.2, 0) is 11.3 Å². The minimum absolute atomic E-state index is 0.0259. The molecule has 2 aromatic rings. The van der Waals surface area contributed by atoms with Crippen LogP contribution >= 0.6 is 0 Å². The molecule has 1 fully saturated rings. The molecule has 25 heavy (non-hydrogen) atoms. The highest BCUT2D eigenvalue weighted by molar-refractivity contribution is 6.01. The van der Waals surface area contributed by atoms with Gasteiger partial charge in [-0.3, -0.25) is 14.6 Å². The van der Waals surface area contributed by atoms with Gasteiger partial charge < -0.3 is 9.80 Å². The SMILES string of the molecule is CC[C@H](C(=O)N1CC(c2ccncc2)C1)N1Cc2ccccc2C1=O. The van der Waals surface area contributed by atoms with Gasteiger partial charge in [-0.2, -0.15) is 0 Å². The highest BCUT2D eigenvalue weighted by atomic mass is 16.2. The van der Waals surface area contributed by atoms with Gasteiger partial charge in [-0.05, 0) is 35.7 Å². The van der Waals surface area contributed by atoms with E-state index < -0.39 is 0 Å². The molecule has 4 rings (SSSR count). The van der Waals surface area contributed by atoms with Crippen LogP contribution < -0.4 is 0 Å². The summed E-state index contributed by atoms with van der Waals surface area (Å²) in [5.74, 6) is 0.409. The smallest absolute Gasteiger partial charge is 0.255 e. The van der Waals surface area contributed by atoms with Gasteiger partial charge >= 0.3 is 0 Å². The highest BCUT2D eigenvalue weighted by Crippen LogP contribution is 2.30. The molecule has 0 unspecified atom stereocenters. The van der Waals surface area contributed by atoms with Crippen molar-refractivity contribution in [1.29, 1.82) is 0 Å². The Labute approximate surface area is 147 Å². The first kappa shape index (κ1) is 15.8. The van der Waals surface area contributed by atoms with Crippen molar-refractivity contribution in [3.8, 4) is 0 Å². The number of carbonyl (C=O) groups is 2. The van der Waals surface area contributed by atoms with Gasteiger partial charge in [-0.25, -0.2) is 0 Å². The van der Waals surface area contributed by atoms with Crippen LogP contribution in [-0.4, -0.2) is 45.7 Å². The summed E-state index contributed by atoms with van der Waals surface area (Å²) in [6.45, 7) is 3.93. The Morgan fingerprint density at radius 1 is 1.20 bits per heavy atom. The zero-order chi connectivity index (χ0) is 17.4. The van der Waals surface area contributed by atoms with Gasteiger partial charge in [0.2, 0.25) is 5.91 Å². The lowest BCUT2D eigenvalue weighted by molar-refractivity contribution is -0.140. The molecule has 1 aromatic carbocycles. The molecule has 0 aliphatic carbocycles. The molecular weight excluding hydrogens is 314 g/mol. The number of benzene rings is 1. The lowest BCUT2D eigenvalue weighted by Gasteiger charge is -2.42. The van der Waals surface area contributed by atoms with Crippen LogP contribution in [0.1, 0.15) is 40.7 Å². The maximum absolute atomic E-state index is 12.9. The van der Waals surface area contributed by atoms with Gasteiger partial charge in [-0.1, -0.05) is 25.1 Å². The molecule has 0 spiro atoms. The van der Waals surface area contributed by atoms with E-state index in [1.165, 1.54) is 5.56 Å². The van der Waals surface area contributed by atoms with E-state index in [1.54, 1.807) is 17.3 Å². The molecule has 0 saturated carbocycles. The maximum Gasteiger partial charge on any atom is 0.255 e. The molecule has 1 aromatic heterocycles. The molecule has 5 heteroatoms. The van der Waals surface area contributed by atoms with E-state index in [1.807, 2.05) is 48.2 Å². The van der Waals surface area contributed by atoms with Gasteiger partial charge in [0.15, 0.2) is 0 Å². The average Bonchev–Trinajstić information content (AvgIpc) is 2.93.